The Bertz CT molecular complexity index is 1790. The number of aryl methyl sites for hydroxylation is 2. The highest BCUT2D eigenvalue weighted by Crippen LogP contribution is 2.34. The molecular formula is C24H19BrN4O4S2. The van der Waals surface area contributed by atoms with Gasteiger partial charge in [-0.15, -0.1) is 0 Å². The maximum atomic E-state index is 13.5. The Morgan fingerprint density at radius 2 is 1.37 bits per heavy atom. The van der Waals surface area contributed by atoms with Crippen molar-refractivity contribution in [2.45, 2.75) is 23.6 Å². The summed E-state index contributed by atoms with van der Waals surface area (Å²) in [5, 5.41) is 4.52. The molecule has 0 fully saturated rings. The number of rotatable bonds is 5. The Morgan fingerprint density at radius 1 is 0.800 bits per heavy atom. The van der Waals surface area contributed by atoms with Crippen LogP contribution in [0.1, 0.15) is 11.1 Å². The molecule has 3 heterocycles. The van der Waals surface area contributed by atoms with E-state index in [9.17, 15) is 16.8 Å². The van der Waals surface area contributed by atoms with Gasteiger partial charge in [-0.05, 0) is 66.2 Å². The van der Waals surface area contributed by atoms with Gasteiger partial charge in [0.05, 0.1) is 21.7 Å². The number of benzene rings is 2. The molecule has 11 heteroatoms. The van der Waals surface area contributed by atoms with Gasteiger partial charge >= 0.3 is 0 Å². The predicted molar refractivity (Wildman–Crippen MR) is 136 cm³/mol. The van der Waals surface area contributed by atoms with Crippen LogP contribution >= 0.6 is 15.9 Å². The molecule has 0 N–H and O–H groups in total. The normalized spacial score (nSPS) is 12.3. The lowest BCUT2D eigenvalue weighted by atomic mass is 10.2. The molecule has 0 aliphatic carbocycles. The minimum Gasteiger partial charge on any atom is -0.236 e. The summed E-state index contributed by atoms with van der Waals surface area (Å²) in [4.78, 5) is 4.51. The lowest BCUT2D eigenvalue weighted by Crippen LogP contribution is -2.15. The van der Waals surface area contributed by atoms with Crippen LogP contribution in [0.2, 0.25) is 0 Å². The molecule has 5 rings (SSSR count). The third kappa shape index (κ3) is 3.99. The van der Waals surface area contributed by atoms with Crippen LogP contribution in [0.4, 0.5) is 0 Å². The molecule has 0 atom stereocenters. The molecule has 0 radical (unpaired) electrons. The van der Waals surface area contributed by atoms with Crippen molar-refractivity contribution >= 4 is 47.0 Å². The third-order valence-corrected chi connectivity index (χ3v) is 9.30. The highest BCUT2D eigenvalue weighted by Gasteiger charge is 2.27. The molecule has 5 aromatic rings. The molecule has 0 aliphatic heterocycles. The molecule has 0 unspecified atom stereocenters. The van der Waals surface area contributed by atoms with Crippen LogP contribution < -0.4 is 0 Å². The third-order valence-electron chi connectivity index (χ3n) is 5.59. The number of hydrogen-bond acceptors (Lipinski definition) is 6. The van der Waals surface area contributed by atoms with Crippen molar-refractivity contribution in [3.63, 3.8) is 0 Å². The number of pyridine rings is 1. The van der Waals surface area contributed by atoms with Gasteiger partial charge in [0.2, 0.25) is 0 Å². The van der Waals surface area contributed by atoms with E-state index in [2.05, 4.69) is 26.0 Å². The number of hydrogen-bond donors (Lipinski definition) is 0. The Balaban J connectivity index is 1.75. The minimum absolute atomic E-state index is 0.0726. The quantitative estimate of drug-likeness (QED) is 0.302. The van der Waals surface area contributed by atoms with Gasteiger partial charge < -0.3 is 0 Å². The largest absolute Gasteiger partial charge is 0.283 e. The Labute approximate surface area is 211 Å². The highest BCUT2D eigenvalue weighted by molar-refractivity contribution is 9.10. The van der Waals surface area contributed by atoms with Gasteiger partial charge in [0, 0.05) is 27.8 Å². The van der Waals surface area contributed by atoms with E-state index >= 15 is 0 Å². The van der Waals surface area contributed by atoms with E-state index in [0.717, 1.165) is 19.2 Å². The van der Waals surface area contributed by atoms with Gasteiger partial charge in [0.25, 0.3) is 20.0 Å². The molecule has 0 saturated heterocycles. The van der Waals surface area contributed by atoms with Crippen molar-refractivity contribution in [2.24, 2.45) is 0 Å². The first-order chi connectivity index (χ1) is 16.6. The standard InChI is InChI=1S/C24H19BrN4O4S2/c1-16-3-7-19(8-4-16)34(30,31)28-15-22(21-13-18(25)14-26-24(21)28)23-11-12-27-29(23)35(32,33)20-9-5-17(2)6-10-20/h3-15H,1-2H3. The van der Waals surface area contributed by atoms with Crippen LogP contribution in [0.3, 0.4) is 0 Å². The number of nitrogens with zero attached hydrogens (tertiary/aromatic N) is 4. The van der Waals surface area contributed by atoms with Crippen molar-refractivity contribution in [3.05, 3.63) is 94.9 Å². The van der Waals surface area contributed by atoms with Crippen LogP contribution in [0, 0.1) is 13.8 Å². The highest BCUT2D eigenvalue weighted by atomic mass is 79.9. The topological polar surface area (TPSA) is 104 Å². The van der Waals surface area contributed by atoms with Gasteiger partial charge in [0.15, 0.2) is 5.65 Å². The number of aromatic nitrogens is 4. The zero-order valence-corrected chi connectivity index (χ0v) is 21.8. The molecule has 8 nitrogen and oxygen atoms in total. The Morgan fingerprint density at radius 3 is 1.97 bits per heavy atom. The average Bonchev–Trinajstić information content (AvgIpc) is 3.45. The first-order valence-electron chi connectivity index (χ1n) is 10.4. The summed E-state index contributed by atoms with van der Waals surface area (Å²) < 4.78 is 56.5. The van der Waals surface area contributed by atoms with E-state index in [1.807, 2.05) is 13.8 Å². The van der Waals surface area contributed by atoms with Crippen LogP contribution in [0.5, 0.6) is 0 Å². The van der Waals surface area contributed by atoms with Gasteiger partial charge in [0.1, 0.15) is 0 Å². The van der Waals surface area contributed by atoms with Gasteiger partial charge in [-0.3, -0.25) is 0 Å². The van der Waals surface area contributed by atoms with Crippen molar-refractivity contribution < 1.29 is 16.8 Å². The predicted octanol–water partition coefficient (Wildman–Crippen LogP) is 4.75. The van der Waals surface area contributed by atoms with E-state index < -0.39 is 20.0 Å². The fourth-order valence-corrected chi connectivity index (χ4v) is 6.68. The van der Waals surface area contributed by atoms with Gasteiger partial charge in [-0.25, -0.2) is 17.4 Å². The van der Waals surface area contributed by atoms with Crippen molar-refractivity contribution in [2.75, 3.05) is 0 Å². The maximum absolute atomic E-state index is 13.5. The van der Waals surface area contributed by atoms with Crippen molar-refractivity contribution in [1.82, 2.24) is 18.1 Å². The molecule has 0 spiro atoms. The first-order valence-corrected chi connectivity index (χ1v) is 14.1. The van der Waals surface area contributed by atoms with Crippen LogP contribution in [-0.4, -0.2) is 35.0 Å². The second-order valence-corrected chi connectivity index (χ2v) is 12.6. The summed E-state index contributed by atoms with van der Waals surface area (Å²) in [7, 11) is -8.05. The molecule has 3 aromatic heterocycles. The summed E-state index contributed by atoms with van der Waals surface area (Å²) >= 11 is 3.38. The molecule has 0 saturated carbocycles. The van der Waals surface area contributed by atoms with Gasteiger partial charge in [-0.1, -0.05) is 35.4 Å². The average molecular weight is 571 g/mol. The summed E-state index contributed by atoms with van der Waals surface area (Å²) in [6.07, 6.45) is 4.25. The van der Waals surface area contributed by atoms with E-state index in [0.29, 0.717) is 15.4 Å². The molecule has 178 valence electrons. The lowest BCUT2D eigenvalue weighted by molar-refractivity contribution is 0.580. The monoisotopic (exact) mass is 570 g/mol. The molecular weight excluding hydrogens is 552 g/mol. The molecule has 0 amide bonds. The van der Waals surface area contributed by atoms with E-state index in [1.54, 1.807) is 30.3 Å². The van der Waals surface area contributed by atoms with Crippen molar-refractivity contribution in [3.8, 4) is 11.3 Å². The lowest BCUT2D eigenvalue weighted by Gasteiger charge is -2.09. The summed E-state index contributed by atoms with van der Waals surface area (Å²) in [6.45, 7) is 3.73. The molecule has 35 heavy (non-hydrogen) atoms. The van der Waals surface area contributed by atoms with E-state index in [4.69, 9.17) is 0 Å². The Kier molecular flexibility index (Phi) is 5.65. The fraction of sp³-hybridized carbons (Fsp3) is 0.0833. The van der Waals surface area contributed by atoms with E-state index in [-0.39, 0.29) is 21.1 Å². The second kappa shape index (κ2) is 8.43. The first kappa shape index (κ1) is 23.5. The summed E-state index contributed by atoms with van der Waals surface area (Å²) in [5.74, 6) is 0. The molecule has 0 bridgehead atoms. The fourth-order valence-electron chi connectivity index (χ4n) is 3.75. The van der Waals surface area contributed by atoms with Crippen LogP contribution in [-0.2, 0) is 20.0 Å². The Hall–Kier alpha value is -3.28. The molecule has 2 aromatic carbocycles. The van der Waals surface area contributed by atoms with Gasteiger partial charge in [-0.2, -0.15) is 17.6 Å². The van der Waals surface area contributed by atoms with Crippen LogP contribution in [0.25, 0.3) is 22.3 Å². The smallest absolute Gasteiger partial charge is 0.236 e. The SMILES string of the molecule is Cc1ccc(S(=O)(=O)n2nccc2-c2cn(S(=O)(=O)c3ccc(C)cc3)c3ncc(Br)cc23)cc1. The van der Waals surface area contributed by atoms with Crippen LogP contribution in [0.15, 0.2) is 93.5 Å². The molecule has 0 aliphatic rings. The minimum atomic E-state index is -4.04. The zero-order chi connectivity index (χ0) is 25.0. The zero-order valence-electron chi connectivity index (χ0n) is 18.6. The number of fused-ring (bicyclic) bond motifs is 1. The second-order valence-electron chi connectivity index (χ2n) is 8.06. The maximum Gasteiger partial charge on any atom is 0.283 e. The summed E-state index contributed by atoms with van der Waals surface area (Å²) in [6, 6.07) is 16.2. The van der Waals surface area contributed by atoms with Crippen molar-refractivity contribution in [1.29, 1.82) is 0 Å². The summed E-state index contributed by atoms with van der Waals surface area (Å²) in [5.41, 5.74) is 2.59. The van der Waals surface area contributed by atoms with E-state index in [1.165, 1.54) is 48.9 Å². The number of halogens is 1.